The Labute approximate surface area is 117 Å². The maximum atomic E-state index is 5.40. The van der Waals surface area contributed by atoms with E-state index in [1.807, 2.05) is 19.3 Å². The van der Waals surface area contributed by atoms with E-state index in [0.29, 0.717) is 0 Å². The molecule has 0 unspecified atom stereocenters. The van der Waals surface area contributed by atoms with Crippen LogP contribution in [0.3, 0.4) is 0 Å². The second-order valence-electron chi connectivity index (χ2n) is 5.73. The van der Waals surface area contributed by atoms with Crippen molar-refractivity contribution in [3.05, 3.63) is 24.0 Å². The van der Waals surface area contributed by atoms with Gasteiger partial charge in [-0.25, -0.2) is 0 Å². The SMILES string of the molecule is CCOCCN(C)c1cnccc1CNC(C)(C)C. The molecule has 0 radical (unpaired) electrons. The van der Waals surface area contributed by atoms with Gasteiger partial charge in [0.15, 0.2) is 0 Å². The molecule has 0 fully saturated rings. The van der Waals surface area contributed by atoms with Crippen molar-refractivity contribution in [2.24, 2.45) is 0 Å². The molecule has 108 valence electrons. The molecule has 0 spiro atoms. The van der Waals surface area contributed by atoms with Gasteiger partial charge in [0.25, 0.3) is 0 Å². The quantitative estimate of drug-likeness (QED) is 0.768. The fourth-order valence-corrected chi connectivity index (χ4v) is 1.73. The Morgan fingerprint density at radius 1 is 1.37 bits per heavy atom. The van der Waals surface area contributed by atoms with Crippen molar-refractivity contribution in [2.45, 2.75) is 39.8 Å². The molecule has 0 aliphatic rings. The molecule has 0 aliphatic carbocycles. The van der Waals surface area contributed by atoms with Gasteiger partial charge in [0.05, 0.1) is 18.5 Å². The van der Waals surface area contributed by atoms with Crippen LogP contribution >= 0.6 is 0 Å². The summed E-state index contributed by atoms with van der Waals surface area (Å²) in [6.07, 6.45) is 3.77. The molecular formula is C15H27N3O. The zero-order valence-corrected chi connectivity index (χ0v) is 12.9. The van der Waals surface area contributed by atoms with Crippen LogP contribution in [0.4, 0.5) is 5.69 Å². The first kappa shape index (κ1) is 15.9. The Hall–Kier alpha value is -1.13. The van der Waals surface area contributed by atoms with Crippen molar-refractivity contribution in [1.29, 1.82) is 0 Å². The molecule has 4 heteroatoms. The number of nitrogens with zero attached hydrogens (tertiary/aromatic N) is 2. The van der Waals surface area contributed by atoms with E-state index < -0.39 is 0 Å². The zero-order chi connectivity index (χ0) is 14.3. The Morgan fingerprint density at radius 3 is 2.74 bits per heavy atom. The van der Waals surface area contributed by atoms with E-state index in [0.717, 1.165) is 26.3 Å². The van der Waals surface area contributed by atoms with Crippen LogP contribution in [0, 0.1) is 0 Å². The molecule has 0 amide bonds. The summed E-state index contributed by atoms with van der Waals surface area (Å²) < 4.78 is 5.40. The zero-order valence-electron chi connectivity index (χ0n) is 12.9. The highest BCUT2D eigenvalue weighted by Gasteiger charge is 2.12. The molecule has 1 aromatic rings. The van der Waals surface area contributed by atoms with Gasteiger partial charge in [-0.3, -0.25) is 4.98 Å². The van der Waals surface area contributed by atoms with Gasteiger partial charge in [0.2, 0.25) is 0 Å². The number of hydrogen-bond donors (Lipinski definition) is 1. The summed E-state index contributed by atoms with van der Waals surface area (Å²) >= 11 is 0. The van der Waals surface area contributed by atoms with E-state index in [-0.39, 0.29) is 5.54 Å². The first-order valence-electron chi connectivity index (χ1n) is 6.91. The van der Waals surface area contributed by atoms with Crippen LogP contribution in [0.5, 0.6) is 0 Å². The van der Waals surface area contributed by atoms with Crippen molar-refractivity contribution in [3.63, 3.8) is 0 Å². The van der Waals surface area contributed by atoms with Crippen LogP contribution < -0.4 is 10.2 Å². The van der Waals surface area contributed by atoms with Crippen LogP contribution in [0.25, 0.3) is 0 Å². The Bertz CT molecular complexity index is 374. The molecule has 0 saturated carbocycles. The number of hydrogen-bond acceptors (Lipinski definition) is 4. The molecule has 4 nitrogen and oxygen atoms in total. The van der Waals surface area contributed by atoms with Gasteiger partial charge in [-0.05, 0) is 39.3 Å². The third-order valence-electron chi connectivity index (χ3n) is 2.88. The maximum absolute atomic E-state index is 5.40. The van der Waals surface area contributed by atoms with Gasteiger partial charge in [-0.1, -0.05) is 0 Å². The van der Waals surface area contributed by atoms with E-state index in [4.69, 9.17) is 4.74 Å². The van der Waals surface area contributed by atoms with E-state index in [9.17, 15) is 0 Å². The fourth-order valence-electron chi connectivity index (χ4n) is 1.73. The summed E-state index contributed by atoms with van der Waals surface area (Å²) in [5.74, 6) is 0. The van der Waals surface area contributed by atoms with Crippen LogP contribution in [-0.4, -0.2) is 37.3 Å². The molecular weight excluding hydrogens is 238 g/mol. The number of rotatable bonds is 7. The summed E-state index contributed by atoms with van der Waals surface area (Å²) in [7, 11) is 2.08. The molecule has 0 atom stereocenters. The van der Waals surface area contributed by atoms with Crippen LogP contribution in [0.15, 0.2) is 18.5 Å². The number of likely N-dealkylation sites (N-methyl/N-ethyl adjacent to an activating group) is 1. The molecule has 0 bridgehead atoms. The van der Waals surface area contributed by atoms with Gasteiger partial charge in [0.1, 0.15) is 0 Å². The smallest absolute Gasteiger partial charge is 0.0641 e. The molecule has 1 heterocycles. The molecule has 1 rings (SSSR count). The van der Waals surface area contributed by atoms with E-state index in [1.165, 1.54) is 11.3 Å². The predicted molar refractivity (Wildman–Crippen MR) is 80.6 cm³/mol. The van der Waals surface area contributed by atoms with Crippen molar-refractivity contribution < 1.29 is 4.74 Å². The monoisotopic (exact) mass is 265 g/mol. The third-order valence-corrected chi connectivity index (χ3v) is 2.88. The lowest BCUT2D eigenvalue weighted by Crippen LogP contribution is -2.35. The first-order chi connectivity index (χ1) is 8.94. The molecule has 1 N–H and O–H groups in total. The predicted octanol–water partition coefficient (Wildman–Crippen LogP) is 2.44. The van der Waals surface area contributed by atoms with Gasteiger partial charge in [-0.15, -0.1) is 0 Å². The first-order valence-corrected chi connectivity index (χ1v) is 6.91. The highest BCUT2D eigenvalue weighted by molar-refractivity contribution is 5.51. The number of ether oxygens (including phenoxy) is 1. The van der Waals surface area contributed by atoms with Crippen LogP contribution in [0.2, 0.25) is 0 Å². The number of pyridine rings is 1. The average molecular weight is 265 g/mol. The summed E-state index contributed by atoms with van der Waals surface area (Å²) in [6.45, 7) is 11.8. The van der Waals surface area contributed by atoms with Crippen molar-refractivity contribution >= 4 is 5.69 Å². The lowest BCUT2D eigenvalue weighted by atomic mass is 10.1. The van der Waals surface area contributed by atoms with Gasteiger partial charge < -0.3 is 15.0 Å². The van der Waals surface area contributed by atoms with E-state index >= 15 is 0 Å². The Kier molecular flexibility index (Phi) is 6.25. The Morgan fingerprint density at radius 2 is 2.11 bits per heavy atom. The molecule has 0 saturated heterocycles. The summed E-state index contributed by atoms with van der Waals surface area (Å²) in [5.41, 5.74) is 2.55. The highest BCUT2D eigenvalue weighted by Crippen LogP contribution is 2.18. The standard InChI is InChI=1S/C15H27N3O/c1-6-19-10-9-18(5)14-12-16-8-7-13(14)11-17-15(2,3)4/h7-8,12,17H,6,9-11H2,1-5H3. The van der Waals surface area contributed by atoms with Crippen LogP contribution in [-0.2, 0) is 11.3 Å². The van der Waals surface area contributed by atoms with Gasteiger partial charge in [-0.2, -0.15) is 0 Å². The van der Waals surface area contributed by atoms with Crippen molar-refractivity contribution in [3.8, 4) is 0 Å². The minimum absolute atomic E-state index is 0.116. The minimum atomic E-state index is 0.116. The fraction of sp³-hybridized carbons (Fsp3) is 0.667. The lowest BCUT2D eigenvalue weighted by molar-refractivity contribution is 0.154. The molecule has 19 heavy (non-hydrogen) atoms. The maximum Gasteiger partial charge on any atom is 0.0641 e. The summed E-state index contributed by atoms with van der Waals surface area (Å²) in [5, 5.41) is 3.51. The topological polar surface area (TPSA) is 37.4 Å². The normalized spacial score (nSPS) is 11.6. The Balaban J connectivity index is 2.66. The third kappa shape index (κ3) is 6.03. The van der Waals surface area contributed by atoms with Crippen molar-refractivity contribution in [2.75, 3.05) is 31.7 Å². The number of nitrogens with one attached hydrogen (secondary N) is 1. The van der Waals surface area contributed by atoms with Crippen LogP contribution in [0.1, 0.15) is 33.3 Å². The summed E-state index contributed by atoms with van der Waals surface area (Å²) in [4.78, 5) is 6.43. The minimum Gasteiger partial charge on any atom is -0.380 e. The second kappa shape index (κ2) is 7.46. The second-order valence-corrected chi connectivity index (χ2v) is 5.73. The highest BCUT2D eigenvalue weighted by atomic mass is 16.5. The summed E-state index contributed by atoms with van der Waals surface area (Å²) in [6, 6.07) is 2.07. The number of aromatic nitrogens is 1. The largest absolute Gasteiger partial charge is 0.380 e. The lowest BCUT2D eigenvalue weighted by Gasteiger charge is -2.25. The van der Waals surface area contributed by atoms with E-state index in [2.05, 4.69) is 49.1 Å². The average Bonchev–Trinajstić information content (AvgIpc) is 2.36. The van der Waals surface area contributed by atoms with Gasteiger partial charge >= 0.3 is 0 Å². The number of anilines is 1. The molecule has 1 aromatic heterocycles. The van der Waals surface area contributed by atoms with E-state index in [1.54, 1.807) is 0 Å². The van der Waals surface area contributed by atoms with Crippen molar-refractivity contribution in [1.82, 2.24) is 10.3 Å². The van der Waals surface area contributed by atoms with Gasteiger partial charge in [0, 0.05) is 38.5 Å². The molecule has 0 aromatic carbocycles. The molecule has 0 aliphatic heterocycles.